The molecule has 3 rings (SSSR count). The van der Waals surface area contributed by atoms with Crippen molar-refractivity contribution in [1.29, 1.82) is 0 Å². The summed E-state index contributed by atoms with van der Waals surface area (Å²) in [7, 11) is 0. The molecule has 1 aliphatic heterocycles. The number of carbonyl (C=O) groups excluding carboxylic acids is 1. The van der Waals surface area contributed by atoms with Crippen molar-refractivity contribution in [2.45, 2.75) is 38.3 Å². The summed E-state index contributed by atoms with van der Waals surface area (Å²) in [5.74, 6) is 0.273. The van der Waals surface area contributed by atoms with Crippen LogP contribution in [0, 0.1) is 0 Å². The number of pyridine rings is 1. The molecule has 0 bridgehead atoms. The molecule has 0 aromatic carbocycles. The van der Waals surface area contributed by atoms with E-state index in [1.165, 1.54) is 12.3 Å². The van der Waals surface area contributed by atoms with E-state index in [-0.39, 0.29) is 17.5 Å². The van der Waals surface area contributed by atoms with Gasteiger partial charge < -0.3 is 19.4 Å². The Morgan fingerprint density at radius 1 is 1.48 bits per heavy atom. The van der Waals surface area contributed by atoms with Crippen LogP contribution < -0.4 is 5.56 Å². The van der Waals surface area contributed by atoms with Gasteiger partial charge in [0.05, 0.1) is 18.1 Å². The molecule has 0 spiro atoms. The number of aromatic amines is 1. The Bertz CT molecular complexity index is 733. The molecule has 2 aromatic heterocycles. The highest BCUT2D eigenvalue weighted by molar-refractivity contribution is 5.94. The van der Waals surface area contributed by atoms with Crippen molar-refractivity contribution in [3.05, 3.63) is 46.4 Å². The van der Waals surface area contributed by atoms with Gasteiger partial charge >= 0.3 is 0 Å². The number of hydrogen-bond acceptors (Lipinski definition) is 4. The monoisotopic (exact) mass is 316 g/mol. The van der Waals surface area contributed by atoms with Gasteiger partial charge in [-0.1, -0.05) is 0 Å². The summed E-state index contributed by atoms with van der Waals surface area (Å²) >= 11 is 0. The van der Waals surface area contributed by atoms with E-state index in [9.17, 15) is 14.7 Å². The number of hydrogen-bond donors (Lipinski definition) is 2. The quantitative estimate of drug-likeness (QED) is 0.903. The summed E-state index contributed by atoms with van der Waals surface area (Å²) < 4.78 is 5.24. The Hall–Kier alpha value is -2.34. The van der Waals surface area contributed by atoms with Gasteiger partial charge in [-0.3, -0.25) is 9.59 Å². The molecule has 6 heteroatoms. The number of amides is 1. The number of furan rings is 1. The number of aliphatic hydroxyl groups excluding tert-OH is 1. The molecule has 1 saturated heterocycles. The van der Waals surface area contributed by atoms with E-state index >= 15 is 0 Å². The number of aliphatic hydroxyl groups is 1. The van der Waals surface area contributed by atoms with Crippen LogP contribution in [0.2, 0.25) is 0 Å². The molecule has 122 valence electrons. The van der Waals surface area contributed by atoms with Crippen molar-refractivity contribution in [3.63, 3.8) is 0 Å². The van der Waals surface area contributed by atoms with Crippen molar-refractivity contribution in [2.24, 2.45) is 0 Å². The fraction of sp³-hybridized carbons (Fsp3) is 0.412. The minimum Gasteiger partial charge on any atom is -0.463 e. The highest BCUT2D eigenvalue weighted by Gasteiger charge is 2.31. The number of rotatable bonds is 4. The highest BCUT2D eigenvalue weighted by Crippen LogP contribution is 2.23. The summed E-state index contributed by atoms with van der Waals surface area (Å²) in [4.78, 5) is 29.3. The van der Waals surface area contributed by atoms with Crippen molar-refractivity contribution in [2.75, 3.05) is 6.54 Å². The van der Waals surface area contributed by atoms with Gasteiger partial charge in [0.2, 0.25) is 0 Å². The van der Waals surface area contributed by atoms with E-state index in [1.54, 1.807) is 30.0 Å². The van der Waals surface area contributed by atoms with Gasteiger partial charge in [0.25, 0.3) is 11.5 Å². The Labute approximate surface area is 133 Å². The molecule has 1 aliphatic rings. The molecule has 2 unspecified atom stereocenters. The lowest BCUT2D eigenvalue weighted by Gasteiger charge is -2.25. The van der Waals surface area contributed by atoms with Crippen LogP contribution in [0.15, 0.2) is 39.7 Å². The minimum absolute atomic E-state index is 0.00773. The first kappa shape index (κ1) is 15.6. The zero-order valence-electron chi connectivity index (χ0n) is 13.0. The summed E-state index contributed by atoms with van der Waals surface area (Å²) in [6, 6.07) is 6.68. The molecule has 2 N–H and O–H groups in total. The number of likely N-dealkylation sites (tertiary alicyclic amines) is 1. The number of nitrogens with zero attached hydrogens (tertiary/aromatic N) is 1. The van der Waals surface area contributed by atoms with E-state index in [4.69, 9.17) is 4.42 Å². The third kappa shape index (κ3) is 3.22. The summed E-state index contributed by atoms with van der Waals surface area (Å²) in [5, 5.41) is 9.56. The number of H-pyrrole nitrogens is 1. The molecule has 0 aliphatic carbocycles. The predicted molar refractivity (Wildman–Crippen MR) is 85.1 cm³/mol. The number of nitrogens with one attached hydrogen (secondary N) is 1. The van der Waals surface area contributed by atoms with Crippen LogP contribution in [0.5, 0.6) is 0 Å². The molecule has 2 aromatic rings. The van der Waals surface area contributed by atoms with Crippen molar-refractivity contribution in [1.82, 2.24) is 9.88 Å². The summed E-state index contributed by atoms with van der Waals surface area (Å²) in [6.45, 7) is 2.33. The van der Waals surface area contributed by atoms with Gasteiger partial charge in [0, 0.05) is 12.6 Å². The fourth-order valence-electron chi connectivity index (χ4n) is 3.11. The predicted octanol–water partition coefficient (Wildman–Crippen LogP) is 2.01. The smallest absolute Gasteiger partial charge is 0.261 e. The Morgan fingerprint density at radius 2 is 2.30 bits per heavy atom. The maximum atomic E-state index is 12.7. The first-order chi connectivity index (χ1) is 11.1. The average molecular weight is 316 g/mol. The molecule has 2 atom stereocenters. The summed E-state index contributed by atoms with van der Waals surface area (Å²) in [5.41, 5.74) is 0.239. The molecule has 1 fully saturated rings. The van der Waals surface area contributed by atoms with Crippen LogP contribution in [-0.2, 0) is 0 Å². The molecule has 0 saturated carbocycles. The van der Waals surface area contributed by atoms with Gasteiger partial charge in [0.1, 0.15) is 11.3 Å². The van der Waals surface area contributed by atoms with E-state index in [0.717, 1.165) is 12.8 Å². The molecular weight excluding hydrogens is 296 g/mol. The van der Waals surface area contributed by atoms with Crippen LogP contribution in [0.3, 0.4) is 0 Å². The van der Waals surface area contributed by atoms with Gasteiger partial charge in [-0.25, -0.2) is 0 Å². The second kappa shape index (κ2) is 6.42. The van der Waals surface area contributed by atoms with Gasteiger partial charge in [-0.05, 0) is 50.5 Å². The van der Waals surface area contributed by atoms with E-state index in [0.29, 0.717) is 24.4 Å². The van der Waals surface area contributed by atoms with E-state index in [1.807, 2.05) is 0 Å². The second-order valence-electron chi connectivity index (χ2n) is 5.97. The first-order valence-electron chi connectivity index (χ1n) is 7.82. The van der Waals surface area contributed by atoms with Gasteiger partial charge in [-0.2, -0.15) is 0 Å². The maximum Gasteiger partial charge on any atom is 0.261 e. The molecule has 1 amide bonds. The van der Waals surface area contributed by atoms with Crippen LogP contribution in [0.1, 0.15) is 36.5 Å². The fourth-order valence-corrected chi connectivity index (χ4v) is 3.11. The molecule has 6 nitrogen and oxygen atoms in total. The standard InChI is InChI=1S/C17H20N2O4/c1-11(20)10-12-4-2-8-19(12)17(22)13-6-7-14(18-16(13)21)15-5-3-9-23-15/h3,5-7,9,11-12,20H,2,4,8,10H2,1H3,(H,18,21). The first-order valence-corrected chi connectivity index (χ1v) is 7.82. The van der Waals surface area contributed by atoms with Crippen molar-refractivity contribution < 1.29 is 14.3 Å². The van der Waals surface area contributed by atoms with Crippen LogP contribution in [0.25, 0.3) is 11.5 Å². The number of aromatic nitrogens is 1. The largest absolute Gasteiger partial charge is 0.463 e. The lowest BCUT2D eigenvalue weighted by Crippen LogP contribution is -2.39. The zero-order chi connectivity index (χ0) is 16.4. The summed E-state index contributed by atoms with van der Waals surface area (Å²) in [6.07, 6.45) is 3.35. The maximum absolute atomic E-state index is 12.7. The normalized spacial score (nSPS) is 19.0. The minimum atomic E-state index is -0.465. The van der Waals surface area contributed by atoms with Gasteiger partial charge in [0.15, 0.2) is 0 Å². The number of carbonyl (C=O) groups is 1. The Morgan fingerprint density at radius 3 is 2.96 bits per heavy atom. The van der Waals surface area contributed by atoms with Crippen LogP contribution in [-0.4, -0.2) is 39.6 Å². The van der Waals surface area contributed by atoms with Crippen molar-refractivity contribution >= 4 is 5.91 Å². The van der Waals surface area contributed by atoms with Crippen molar-refractivity contribution in [3.8, 4) is 11.5 Å². The lowest BCUT2D eigenvalue weighted by atomic mass is 10.1. The van der Waals surface area contributed by atoms with Crippen LogP contribution in [0.4, 0.5) is 0 Å². The third-order valence-electron chi connectivity index (χ3n) is 4.18. The molecule has 0 radical (unpaired) electrons. The SMILES string of the molecule is CC(O)CC1CCCN1C(=O)c1ccc(-c2ccco2)[nH]c1=O. The molecule has 23 heavy (non-hydrogen) atoms. The molecule has 3 heterocycles. The van der Waals surface area contributed by atoms with E-state index < -0.39 is 11.7 Å². The third-order valence-corrected chi connectivity index (χ3v) is 4.18. The average Bonchev–Trinajstić information content (AvgIpc) is 3.17. The highest BCUT2D eigenvalue weighted by atomic mass is 16.3. The van der Waals surface area contributed by atoms with Gasteiger partial charge in [-0.15, -0.1) is 0 Å². The van der Waals surface area contributed by atoms with E-state index in [2.05, 4.69) is 4.98 Å². The Kier molecular flexibility index (Phi) is 4.34. The molecular formula is C17H20N2O4. The second-order valence-corrected chi connectivity index (χ2v) is 5.97. The van der Waals surface area contributed by atoms with Crippen LogP contribution >= 0.6 is 0 Å². The Balaban J connectivity index is 1.84. The topological polar surface area (TPSA) is 86.5 Å². The zero-order valence-corrected chi connectivity index (χ0v) is 13.0. The lowest BCUT2D eigenvalue weighted by molar-refractivity contribution is 0.0680.